The molecule has 1 rings (SSSR count). The highest BCUT2D eigenvalue weighted by molar-refractivity contribution is 6.02. The van der Waals surface area contributed by atoms with Crippen LogP contribution in [0.3, 0.4) is 0 Å². The van der Waals surface area contributed by atoms with Crippen molar-refractivity contribution >= 4 is 5.78 Å². The van der Waals surface area contributed by atoms with Gasteiger partial charge in [-0.2, -0.15) is 0 Å². The topological polar surface area (TPSA) is 56.0 Å². The van der Waals surface area contributed by atoms with E-state index in [9.17, 15) is 4.79 Å². The van der Waals surface area contributed by atoms with Crippen molar-refractivity contribution in [3.8, 4) is 0 Å². The molecule has 1 heterocycles. The Kier molecular flexibility index (Phi) is 3.58. The minimum Gasteiger partial charge on any atom is -0.319 e. The summed E-state index contributed by atoms with van der Waals surface area (Å²) < 4.78 is 0. The quantitative estimate of drug-likeness (QED) is 0.767. The molecule has 0 radical (unpaired) electrons. The summed E-state index contributed by atoms with van der Waals surface area (Å²) in [6, 6.07) is 1.83. The average Bonchev–Trinajstić information content (AvgIpc) is 2.16. The van der Waals surface area contributed by atoms with Gasteiger partial charge in [-0.3, -0.25) is 9.78 Å². The van der Waals surface area contributed by atoms with E-state index in [-0.39, 0.29) is 5.78 Å². The van der Waals surface area contributed by atoms with Gasteiger partial charge in [0.25, 0.3) is 0 Å². The number of aryl methyl sites for hydroxylation is 1. The van der Waals surface area contributed by atoms with Crippen LogP contribution < -0.4 is 5.73 Å². The number of aromatic nitrogens is 1. The zero-order chi connectivity index (χ0) is 11.5. The van der Waals surface area contributed by atoms with Crippen LogP contribution in [0.5, 0.6) is 0 Å². The third-order valence-corrected chi connectivity index (χ3v) is 2.43. The standard InChI is InChI=1S/C12H18N2O/c1-4-5-12(3,13)11(15)10-6-9(2)7-14-8-10/h6-8H,4-5,13H2,1-3H3. The van der Waals surface area contributed by atoms with Gasteiger partial charge in [-0.05, 0) is 31.9 Å². The van der Waals surface area contributed by atoms with Crippen molar-refractivity contribution in [1.82, 2.24) is 4.98 Å². The maximum absolute atomic E-state index is 12.0. The summed E-state index contributed by atoms with van der Waals surface area (Å²) in [5.41, 5.74) is 6.79. The number of hydrogen-bond donors (Lipinski definition) is 1. The SMILES string of the molecule is CCCC(C)(N)C(=O)c1cncc(C)c1. The Morgan fingerprint density at radius 3 is 2.73 bits per heavy atom. The predicted octanol–water partition coefficient (Wildman–Crippen LogP) is 2.09. The first-order valence-corrected chi connectivity index (χ1v) is 5.22. The number of carbonyl (C=O) groups is 1. The fraction of sp³-hybridized carbons (Fsp3) is 0.500. The minimum absolute atomic E-state index is 0.0273. The summed E-state index contributed by atoms with van der Waals surface area (Å²) in [6.45, 7) is 5.71. The molecule has 1 aromatic rings. The molecule has 1 aromatic heterocycles. The molecular weight excluding hydrogens is 188 g/mol. The number of ketones is 1. The van der Waals surface area contributed by atoms with E-state index in [0.29, 0.717) is 12.0 Å². The van der Waals surface area contributed by atoms with E-state index in [1.807, 2.05) is 19.9 Å². The smallest absolute Gasteiger partial charge is 0.183 e. The van der Waals surface area contributed by atoms with Gasteiger partial charge in [-0.15, -0.1) is 0 Å². The molecule has 3 heteroatoms. The van der Waals surface area contributed by atoms with E-state index < -0.39 is 5.54 Å². The Morgan fingerprint density at radius 1 is 1.53 bits per heavy atom. The van der Waals surface area contributed by atoms with Crippen LogP contribution in [0.2, 0.25) is 0 Å². The van der Waals surface area contributed by atoms with Gasteiger partial charge in [-0.25, -0.2) is 0 Å². The van der Waals surface area contributed by atoms with E-state index in [1.165, 1.54) is 0 Å². The second-order valence-corrected chi connectivity index (χ2v) is 4.25. The van der Waals surface area contributed by atoms with Crippen LogP contribution in [0.4, 0.5) is 0 Å². The van der Waals surface area contributed by atoms with Crippen molar-refractivity contribution in [3.63, 3.8) is 0 Å². The van der Waals surface area contributed by atoms with Gasteiger partial charge in [-0.1, -0.05) is 13.3 Å². The van der Waals surface area contributed by atoms with E-state index in [2.05, 4.69) is 4.98 Å². The first-order chi connectivity index (χ1) is 6.97. The number of hydrogen-bond acceptors (Lipinski definition) is 3. The van der Waals surface area contributed by atoms with Gasteiger partial charge >= 0.3 is 0 Å². The normalized spacial score (nSPS) is 14.7. The van der Waals surface area contributed by atoms with Crippen molar-refractivity contribution in [2.75, 3.05) is 0 Å². The summed E-state index contributed by atoms with van der Waals surface area (Å²) in [6.07, 6.45) is 4.90. The largest absolute Gasteiger partial charge is 0.319 e. The lowest BCUT2D eigenvalue weighted by Gasteiger charge is -2.22. The molecule has 0 saturated heterocycles. The molecule has 0 aliphatic heterocycles. The first kappa shape index (κ1) is 11.9. The molecule has 82 valence electrons. The molecule has 0 aromatic carbocycles. The van der Waals surface area contributed by atoms with E-state index in [1.54, 1.807) is 19.3 Å². The first-order valence-electron chi connectivity index (χ1n) is 5.22. The van der Waals surface area contributed by atoms with Gasteiger partial charge in [0.2, 0.25) is 0 Å². The Balaban J connectivity index is 2.94. The summed E-state index contributed by atoms with van der Waals surface area (Å²) in [5, 5.41) is 0. The number of Topliss-reactive ketones (excluding diaryl/α,β-unsaturated/α-hetero) is 1. The average molecular weight is 206 g/mol. The molecule has 0 fully saturated rings. The number of nitrogens with two attached hydrogens (primary N) is 1. The maximum Gasteiger partial charge on any atom is 0.183 e. The van der Waals surface area contributed by atoms with Gasteiger partial charge in [0, 0.05) is 18.0 Å². The molecule has 0 spiro atoms. The number of pyridine rings is 1. The highest BCUT2D eigenvalue weighted by Crippen LogP contribution is 2.16. The van der Waals surface area contributed by atoms with Crippen molar-refractivity contribution in [2.24, 2.45) is 5.73 Å². The molecule has 0 bridgehead atoms. The molecular formula is C12H18N2O. The maximum atomic E-state index is 12.0. The highest BCUT2D eigenvalue weighted by Gasteiger charge is 2.28. The van der Waals surface area contributed by atoms with E-state index in [4.69, 9.17) is 5.73 Å². The zero-order valence-electron chi connectivity index (χ0n) is 9.58. The number of nitrogens with zero attached hydrogens (tertiary/aromatic N) is 1. The van der Waals surface area contributed by atoms with Gasteiger partial charge in [0.05, 0.1) is 5.54 Å². The van der Waals surface area contributed by atoms with Crippen LogP contribution >= 0.6 is 0 Å². The van der Waals surface area contributed by atoms with Crippen molar-refractivity contribution in [3.05, 3.63) is 29.6 Å². The minimum atomic E-state index is -0.774. The lowest BCUT2D eigenvalue weighted by Crippen LogP contribution is -2.44. The molecule has 0 aliphatic carbocycles. The third-order valence-electron chi connectivity index (χ3n) is 2.43. The van der Waals surface area contributed by atoms with Crippen LogP contribution in [0.25, 0.3) is 0 Å². The van der Waals surface area contributed by atoms with Crippen molar-refractivity contribution in [1.29, 1.82) is 0 Å². The second-order valence-electron chi connectivity index (χ2n) is 4.25. The molecule has 0 aliphatic rings. The van der Waals surface area contributed by atoms with Gasteiger partial charge in [0.1, 0.15) is 0 Å². The predicted molar refractivity (Wildman–Crippen MR) is 60.8 cm³/mol. The van der Waals surface area contributed by atoms with Crippen LogP contribution in [-0.2, 0) is 0 Å². The Bertz CT molecular complexity index is 358. The molecule has 0 amide bonds. The van der Waals surface area contributed by atoms with Crippen molar-refractivity contribution < 1.29 is 4.79 Å². The number of rotatable bonds is 4. The van der Waals surface area contributed by atoms with E-state index >= 15 is 0 Å². The van der Waals surface area contributed by atoms with Gasteiger partial charge in [0.15, 0.2) is 5.78 Å². The molecule has 1 atom stereocenters. The Morgan fingerprint density at radius 2 is 2.20 bits per heavy atom. The molecule has 1 unspecified atom stereocenters. The van der Waals surface area contributed by atoms with Crippen LogP contribution in [0.1, 0.15) is 42.6 Å². The fourth-order valence-electron chi connectivity index (χ4n) is 1.64. The lowest BCUT2D eigenvalue weighted by molar-refractivity contribution is 0.0892. The summed E-state index contributed by atoms with van der Waals surface area (Å²) in [7, 11) is 0. The lowest BCUT2D eigenvalue weighted by atomic mass is 9.88. The van der Waals surface area contributed by atoms with Crippen LogP contribution in [0, 0.1) is 6.92 Å². The summed E-state index contributed by atoms with van der Waals surface area (Å²) >= 11 is 0. The molecule has 0 saturated carbocycles. The van der Waals surface area contributed by atoms with Crippen molar-refractivity contribution in [2.45, 2.75) is 39.2 Å². The van der Waals surface area contributed by atoms with Crippen LogP contribution in [0.15, 0.2) is 18.5 Å². The highest BCUT2D eigenvalue weighted by atomic mass is 16.1. The molecule has 15 heavy (non-hydrogen) atoms. The third kappa shape index (κ3) is 2.86. The van der Waals surface area contributed by atoms with Gasteiger partial charge < -0.3 is 5.73 Å². The summed E-state index contributed by atoms with van der Waals surface area (Å²) in [4.78, 5) is 16.0. The fourth-order valence-corrected chi connectivity index (χ4v) is 1.64. The van der Waals surface area contributed by atoms with Crippen LogP contribution in [-0.4, -0.2) is 16.3 Å². The number of carbonyl (C=O) groups excluding carboxylic acids is 1. The molecule has 2 N–H and O–H groups in total. The Labute approximate surface area is 90.7 Å². The molecule has 3 nitrogen and oxygen atoms in total. The van der Waals surface area contributed by atoms with E-state index in [0.717, 1.165) is 12.0 Å². The monoisotopic (exact) mass is 206 g/mol. The zero-order valence-corrected chi connectivity index (χ0v) is 9.58. The summed E-state index contributed by atoms with van der Waals surface area (Å²) in [5.74, 6) is -0.0273. The second kappa shape index (κ2) is 4.53. The Hall–Kier alpha value is -1.22.